The molecule has 0 saturated heterocycles. The molecule has 6 heteroatoms. The molecule has 2 N–H and O–H groups in total. The van der Waals surface area contributed by atoms with E-state index in [4.69, 9.17) is 5.11 Å². The van der Waals surface area contributed by atoms with Crippen molar-refractivity contribution in [3.8, 4) is 0 Å². The van der Waals surface area contributed by atoms with Gasteiger partial charge in [-0.25, -0.2) is 4.79 Å². The molecule has 26 heavy (non-hydrogen) atoms. The van der Waals surface area contributed by atoms with Crippen molar-refractivity contribution >= 4 is 23.5 Å². The normalized spacial score (nSPS) is 13.0. The highest BCUT2D eigenvalue weighted by Gasteiger charge is 2.22. The van der Waals surface area contributed by atoms with Gasteiger partial charge in [0.05, 0.1) is 12.1 Å². The van der Waals surface area contributed by atoms with Gasteiger partial charge in [0.25, 0.3) is 5.91 Å². The van der Waals surface area contributed by atoms with Gasteiger partial charge in [-0.05, 0) is 55.2 Å². The van der Waals surface area contributed by atoms with Gasteiger partial charge in [0.2, 0.25) is 5.91 Å². The van der Waals surface area contributed by atoms with E-state index in [1.807, 2.05) is 24.3 Å². The van der Waals surface area contributed by atoms with Crippen LogP contribution in [0.3, 0.4) is 0 Å². The average molecular weight is 352 g/mol. The number of nitrogens with one attached hydrogen (secondary N) is 1. The Kier molecular flexibility index (Phi) is 5.02. The Morgan fingerprint density at radius 2 is 1.85 bits per heavy atom. The minimum Gasteiger partial charge on any atom is -0.478 e. The van der Waals surface area contributed by atoms with E-state index in [-0.39, 0.29) is 23.6 Å². The summed E-state index contributed by atoms with van der Waals surface area (Å²) in [4.78, 5) is 37.7. The Hall–Kier alpha value is -3.15. The van der Waals surface area contributed by atoms with Crippen molar-refractivity contribution in [2.45, 2.75) is 19.8 Å². The summed E-state index contributed by atoms with van der Waals surface area (Å²) < 4.78 is 0. The van der Waals surface area contributed by atoms with E-state index in [1.54, 1.807) is 17.9 Å². The Morgan fingerprint density at radius 1 is 1.12 bits per heavy atom. The molecule has 2 amide bonds. The van der Waals surface area contributed by atoms with Crippen LogP contribution < -0.4 is 10.2 Å². The molecule has 0 atom stereocenters. The Bertz CT molecular complexity index is 876. The number of nitrogens with zero attached hydrogens (tertiary/aromatic N) is 1. The summed E-state index contributed by atoms with van der Waals surface area (Å²) in [6, 6.07) is 12.2. The summed E-state index contributed by atoms with van der Waals surface area (Å²) >= 11 is 0. The topological polar surface area (TPSA) is 86.7 Å². The molecule has 1 aliphatic heterocycles. The van der Waals surface area contributed by atoms with E-state index in [0.717, 1.165) is 24.1 Å². The van der Waals surface area contributed by atoms with Crippen LogP contribution in [0.5, 0.6) is 0 Å². The number of rotatable bonds is 4. The number of carboxylic acids is 1. The smallest absolute Gasteiger partial charge is 0.335 e. The van der Waals surface area contributed by atoms with Gasteiger partial charge in [-0.15, -0.1) is 0 Å². The zero-order valence-corrected chi connectivity index (χ0v) is 14.5. The first kappa shape index (κ1) is 17.7. The molecule has 1 heterocycles. The summed E-state index contributed by atoms with van der Waals surface area (Å²) in [5, 5.41) is 11.7. The molecule has 6 nitrogen and oxygen atoms in total. The molecule has 0 aliphatic carbocycles. The monoisotopic (exact) mass is 352 g/mol. The fourth-order valence-corrected chi connectivity index (χ4v) is 3.18. The zero-order chi connectivity index (χ0) is 18.7. The third-order valence-corrected chi connectivity index (χ3v) is 4.40. The number of carboxylic acid groups (broad SMARTS) is 1. The number of aryl methyl sites for hydroxylation is 2. The quantitative estimate of drug-likeness (QED) is 0.885. The highest BCUT2D eigenvalue weighted by Crippen LogP contribution is 2.26. The maximum Gasteiger partial charge on any atom is 0.335 e. The van der Waals surface area contributed by atoms with Crippen molar-refractivity contribution < 1.29 is 19.5 Å². The van der Waals surface area contributed by atoms with Crippen molar-refractivity contribution in [1.82, 2.24) is 5.32 Å². The Balaban J connectivity index is 1.69. The minimum absolute atomic E-state index is 0.0476. The molecular weight excluding hydrogens is 332 g/mol. The third-order valence-electron chi connectivity index (χ3n) is 4.40. The van der Waals surface area contributed by atoms with E-state index in [1.165, 1.54) is 12.1 Å². The van der Waals surface area contributed by atoms with Gasteiger partial charge in [-0.3, -0.25) is 9.59 Å². The van der Waals surface area contributed by atoms with Crippen LogP contribution in [0.15, 0.2) is 42.5 Å². The van der Waals surface area contributed by atoms with Crippen LogP contribution in [0.25, 0.3) is 0 Å². The predicted octanol–water partition coefficient (Wildman–Crippen LogP) is 2.40. The maximum atomic E-state index is 12.6. The van der Waals surface area contributed by atoms with Crippen LogP contribution in [0, 0.1) is 6.92 Å². The highest BCUT2D eigenvalue weighted by molar-refractivity contribution is 6.02. The van der Waals surface area contributed by atoms with E-state index in [2.05, 4.69) is 5.32 Å². The van der Waals surface area contributed by atoms with Crippen molar-refractivity contribution in [1.29, 1.82) is 0 Å². The molecule has 2 aromatic carbocycles. The summed E-state index contributed by atoms with van der Waals surface area (Å²) in [6.07, 6.45) is 1.82. The molecule has 2 aromatic rings. The van der Waals surface area contributed by atoms with Gasteiger partial charge >= 0.3 is 5.97 Å². The fraction of sp³-hybridized carbons (Fsp3) is 0.250. The van der Waals surface area contributed by atoms with Gasteiger partial charge < -0.3 is 15.3 Å². The van der Waals surface area contributed by atoms with Crippen molar-refractivity contribution in [3.05, 3.63) is 64.7 Å². The maximum absolute atomic E-state index is 12.6. The molecule has 0 unspecified atom stereocenters. The second kappa shape index (κ2) is 7.39. The lowest BCUT2D eigenvalue weighted by atomic mass is 10.0. The molecule has 0 bridgehead atoms. The molecule has 0 radical (unpaired) electrons. The lowest BCUT2D eigenvalue weighted by molar-refractivity contribution is -0.117. The molecule has 3 rings (SSSR count). The van der Waals surface area contributed by atoms with Crippen LogP contribution in [0.1, 0.15) is 38.3 Å². The molecule has 0 fully saturated rings. The van der Waals surface area contributed by atoms with Crippen molar-refractivity contribution in [2.75, 3.05) is 18.0 Å². The largest absolute Gasteiger partial charge is 0.478 e. The Labute approximate surface area is 151 Å². The number of anilines is 1. The van der Waals surface area contributed by atoms with Crippen molar-refractivity contribution in [3.63, 3.8) is 0 Å². The van der Waals surface area contributed by atoms with Gasteiger partial charge in [-0.1, -0.05) is 18.2 Å². The molecule has 1 aliphatic rings. The number of hydrogen-bond donors (Lipinski definition) is 2. The van der Waals surface area contributed by atoms with Crippen LogP contribution >= 0.6 is 0 Å². The summed E-state index contributed by atoms with van der Waals surface area (Å²) in [5.74, 6) is -1.74. The molecule has 0 aromatic heterocycles. The summed E-state index contributed by atoms with van der Waals surface area (Å²) in [6.45, 7) is 2.21. The van der Waals surface area contributed by atoms with Gasteiger partial charge in [0.1, 0.15) is 0 Å². The summed E-state index contributed by atoms with van der Waals surface area (Å²) in [5.41, 5.74) is 2.97. The number of amides is 2. The van der Waals surface area contributed by atoms with E-state index in [0.29, 0.717) is 12.1 Å². The summed E-state index contributed by atoms with van der Waals surface area (Å²) in [7, 11) is 0. The molecular formula is C20H20N2O4. The van der Waals surface area contributed by atoms with E-state index >= 15 is 0 Å². The third kappa shape index (κ3) is 3.74. The van der Waals surface area contributed by atoms with E-state index < -0.39 is 11.9 Å². The van der Waals surface area contributed by atoms with Gasteiger partial charge in [-0.2, -0.15) is 0 Å². The fourth-order valence-electron chi connectivity index (χ4n) is 3.18. The molecule has 0 spiro atoms. The molecule has 0 saturated carbocycles. The minimum atomic E-state index is -1.09. The standard InChI is InChI=1S/C20H20N2O4/c1-13-9-15(11-16(10-13)20(25)26)19(24)21-12-18(23)22-8-4-6-14-5-2-3-7-17(14)22/h2-3,5,7,9-11H,4,6,8,12H2,1H3,(H,21,24)(H,25,26). The second-order valence-electron chi connectivity index (χ2n) is 6.35. The SMILES string of the molecule is Cc1cc(C(=O)O)cc(C(=O)NCC(=O)N2CCCc3ccccc32)c1. The van der Waals surface area contributed by atoms with Crippen molar-refractivity contribution in [2.24, 2.45) is 0 Å². The van der Waals surface area contributed by atoms with E-state index in [9.17, 15) is 14.4 Å². The lowest BCUT2D eigenvalue weighted by Crippen LogP contribution is -2.42. The van der Waals surface area contributed by atoms with Crippen LogP contribution in [0.2, 0.25) is 0 Å². The number of aromatic carboxylic acids is 1. The van der Waals surface area contributed by atoms with Gasteiger partial charge in [0, 0.05) is 17.8 Å². The first-order valence-electron chi connectivity index (χ1n) is 8.47. The van der Waals surface area contributed by atoms with Crippen LogP contribution in [-0.4, -0.2) is 36.0 Å². The number of fused-ring (bicyclic) bond motifs is 1. The van der Waals surface area contributed by atoms with Gasteiger partial charge in [0.15, 0.2) is 0 Å². The zero-order valence-electron chi connectivity index (χ0n) is 14.5. The van der Waals surface area contributed by atoms with Crippen LogP contribution in [-0.2, 0) is 11.2 Å². The average Bonchev–Trinajstić information content (AvgIpc) is 2.64. The van der Waals surface area contributed by atoms with Crippen LogP contribution in [0.4, 0.5) is 5.69 Å². The molecule has 134 valence electrons. The highest BCUT2D eigenvalue weighted by atomic mass is 16.4. The number of carbonyl (C=O) groups excluding carboxylic acids is 2. The predicted molar refractivity (Wildman–Crippen MR) is 97.6 cm³/mol. The number of carbonyl (C=O) groups is 3. The lowest BCUT2D eigenvalue weighted by Gasteiger charge is -2.29. The number of benzene rings is 2. The first-order chi connectivity index (χ1) is 12.5. The number of para-hydroxylation sites is 1. The number of hydrogen-bond acceptors (Lipinski definition) is 3. The first-order valence-corrected chi connectivity index (χ1v) is 8.47. The second-order valence-corrected chi connectivity index (χ2v) is 6.35. The Morgan fingerprint density at radius 3 is 2.62 bits per heavy atom.